The topological polar surface area (TPSA) is 78.9 Å². The Morgan fingerprint density at radius 1 is 1.12 bits per heavy atom. The maximum atomic E-state index is 13.9. The van der Waals surface area contributed by atoms with Gasteiger partial charge >= 0.3 is 0 Å². The SMILES string of the molecule is CCc1ccc(N(CC(C)C)S(=O)(=O)c2ccc(OCC3CCOCC3)cc2[S+]([O-])CC)cc1. The van der Waals surface area contributed by atoms with Gasteiger partial charge in [0, 0.05) is 25.8 Å². The average Bonchev–Trinajstić information content (AvgIpc) is 2.86. The molecule has 0 bridgehead atoms. The third kappa shape index (κ3) is 6.68. The first-order valence-electron chi connectivity index (χ1n) is 12.1. The zero-order valence-electron chi connectivity index (χ0n) is 20.7. The van der Waals surface area contributed by atoms with Gasteiger partial charge in [0.15, 0.2) is 4.90 Å². The van der Waals surface area contributed by atoms with Crippen LogP contribution in [0.4, 0.5) is 5.69 Å². The summed E-state index contributed by atoms with van der Waals surface area (Å²) in [7, 11) is -3.94. The first kappa shape index (κ1) is 26.9. The number of aryl methyl sites for hydroxylation is 1. The quantitative estimate of drug-likeness (QED) is 0.399. The standard InChI is InChI=1S/C26H37NO5S2/c1-5-21-7-9-23(10-8-21)27(18-20(3)4)34(29,30)26-12-11-24(17-25(26)33(28)6-2)32-19-22-13-15-31-16-14-22/h7-12,17,20,22H,5-6,13-16,18-19H2,1-4H3. The van der Waals surface area contributed by atoms with Crippen molar-refractivity contribution in [2.75, 3.05) is 36.4 Å². The third-order valence-electron chi connectivity index (χ3n) is 5.98. The molecule has 34 heavy (non-hydrogen) atoms. The van der Waals surface area contributed by atoms with Gasteiger partial charge in [0.1, 0.15) is 16.4 Å². The number of hydrogen-bond donors (Lipinski definition) is 0. The van der Waals surface area contributed by atoms with Crippen molar-refractivity contribution in [3.05, 3.63) is 48.0 Å². The van der Waals surface area contributed by atoms with Gasteiger partial charge in [-0.05, 0) is 79.0 Å². The minimum Gasteiger partial charge on any atom is -0.611 e. The summed E-state index contributed by atoms with van der Waals surface area (Å²) in [5.41, 5.74) is 1.75. The summed E-state index contributed by atoms with van der Waals surface area (Å²) in [5.74, 6) is 1.39. The molecule has 0 aliphatic carbocycles. The molecule has 3 rings (SSSR count). The number of sulfonamides is 1. The Bertz CT molecular complexity index is 1020. The lowest BCUT2D eigenvalue weighted by molar-refractivity contribution is 0.0497. The first-order valence-corrected chi connectivity index (χ1v) is 14.9. The Morgan fingerprint density at radius 3 is 2.38 bits per heavy atom. The van der Waals surface area contributed by atoms with E-state index >= 15 is 0 Å². The second kappa shape index (κ2) is 12.3. The van der Waals surface area contributed by atoms with Crippen LogP contribution in [0.2, 0.25) is 0 Å². The van der Waals surface area contributed by atoms with Crippen molar-refractivity contribution in [1.29, 1.82) is 0 Å². The van der Waals surface area contributed by atoms with E-state index in [9.17, 15) is 13.0 Å². The molecule has 1 fully saturated rings. The third-order valence-corrected chi connectivity index (χ3v) is 9.31. The average molecular weight is 508 g/mol. The normalized spacial score (nSPS) is 15.9. The van der Waals surface area contributed by atoms with Crippen LogP contribution in [0.25, 0.3) is 0 Å². The molecule has 1 aliphatic rings. The van der Waals surface area contributed by atoms with E-state index < -0.39 is 21.2 Å². The summed E-state index contributed by atoms with van der Waals surface area (Å²) < 4.78 is 53.6. The Kier molecular flexibility index (Phi) is 9.71. The van der Waals surface area contributed by atoms with E-state index in [2.05, 4.69) is 6.92 Å². The van der Waals surface area contributed by atoms with Gasteiger partial charge in [0.05, 0.1) is 12.3 Å². The van der Waals surface area contributed by atoms with E-state index in [4.69, 9.17) is 9.47 Å². The summed E-state index contributed by atoms with van der Waals surface area (Å²) in [5, 5.41) is 0. The van der Waals surface area contributed by atoms with E-state index in [0.717, 1.165) is 38.0 Å². The number of rotatable bonds is 11. The van der Waals surface area contributed by atoms with Gasteiger partial charge in [-0.1, -0.05) is 32.9 Å². The van der Waals surface area contributed by atoms with Gasteiger partial charge in [0.2, 0.25) is 0 Å². The second-order valence-electron chi connectivity index (χ2n) is 9.06. The number of nitrogens with zero attached hydrogens (tertiary/aromatic N) is 1. The zero-order valence-corrected chi connectivity index (χ0v) is 22.3. The van der Waals surface area contributed by atoms with Gasteiger partial charge in [-0.2, -0.15) is 0 Å². The fraction of sp³-hybridized carbons (Fsp3) is 0.538. The molecule has 1 aliphatic heterocycles. The predicted octanol–water partition coefficient (Wildman–Crippen LogP) is 5.03. The predicted molar refractivity (Wildman–Crippen MR) is 138 cm³/mol. The fourth-order valence-electron chi connectivity index (χ4n) is 3.94. The van der Waals surface area contributed by atoms with E-state index in [1.165, 1.54) is 4.31 Å². The molecule has 0 saturated carbocycles. The molecule has 1 unspecified atom stereocenters. The van der Waals surface area contributed by atoms with Gasteiger partial charge in [0.25, 0.3) is 10.0 Å². The summed E-state index contributed by atoms with van der Waals surface area (Å²) in [6, 6.07) is 12.5. The molecule has 1 heterocycles. The lowest BCUT2D eigenvalue weighted by atomic mass is 10.0. The molecular weight excluding hydrogens is 470 g/mol. The molecule has 0 spiro atoms. The molecule has 0 aromatic heterocycles. The van der Waals surface area contributed by atoms with Gasteiger partial charge in [-0.15, -0.1) is 0 Å². The van der Waals surface area contributed by atoms with E-state index in [1.54, 1.807) is 25.1 Å². The minimum atomic E-state index is -3.94. The molecular formula is C26H37NO5S2. The Hall–Kier alpha value is -1.74. The molecule has 188 valence electrons. The number of benzene rings is 2. The van der Waals surface area contributed by atoms with Crippen LogP contribution in [-0.2, 0) is 32.4 Å². The molecule has 1 saturated heterocycles. The lowest BCUT2D eigenvalue weighted by Gasteiger charge is -2.27. The molecule has 2 aromatic rings. The van der Waals surface area contributed by atoms with Crippen LogP contribution in [0.1, 0.15) is 46.1 Å². The van der Waals surface area contributed by atoms with Gasteiger partial charge in [-0.25, -0.2) is 8.42 Å². The smallest absolute Gasteiger partial charge is 0.269 e. The van der Waals surface area contributed by atoms with Crippen molar-refractivity contribution in [2.45, 2.75) is 56.7 Å². The maximum Gasteiger partial charge on any atom is 0.269 e. The van der Waals surface area contributed by atoms with Crippen molar-refractivity contribution in [1.82, 2.24) is 0 Å². The molecule has 6 nitrogen and oxygen atoms in total. The van der Waals surface area contributed by atoms with Crippen molar-refractivity contribution in [2.24, 2.45) is 11.8 Å². The van der Waals surface area contributed by atoms with Crippen molar-refractivity contribution < 1.29 is 22.4 Å². The monoisotopic (exact) mass is 507 g/mol. The van der Waals surface area contributed by atoms with Crippen LogP contribution in [0.3, 0.4) is 0 Å². The van der Waals surface area contributed by atoms with E-state index in [1.807, 2.05) is 38.1 Å². The highest BCUT2D eigenvalue weighted by Crippen LogP contribution is 2.33. The summed E-state index contributed by atoms with van der Waals surface area (Å²) in [6.07, 6.45) is 2.77. The summed E-state index contributed by atoms with van der Waals surface area (Å²) >= 11 is -1.46. The van der Waals surface area contributed by atoms with Gasteiger partial charge < -0.3 is 14.0 Å². The number of anilines is 1. The highest BCUT2D eigenvalue weighted by Gasteiger charge is 2.32. The van der Waals surface area contributed by atoms with E-state index in [-0.39, 0.29) is 10.8 Å². The number of ether oxygens (including phenoxy) is 2. The molecule has 1 atom stereocenters. The van der Waals surface area contributed by atoms with Crippen LogP contribution in [-0.4, -0.2) is 45.1 Å². The minimum absolute atomic E-state index is 0.0753. The van der Waals surface area contributed by atoms with Crippen LogP contribution in [0.5, 0.6) is 5.75 Å². The Balaban J connectivity index is 1.95. The fourth-order valence-corrected chi connectivity index (χ4v) is 7.07. The van der Waals surface area contributed by atoms with Crippen molar-refractivity contribution >= 4 is 26.9 Å². The largest absolute Gasteiger partial charge is 0.611 e. The summed E-state index contributed by atoms with van der Waals surface area (Å²) in [4.78, 5) is 0.372. The Labute approximate surface area is 207 Å². The lowest BCUT2D eigenvalue weighted by Crippen LogP contribution is -2.35. The highest BCUT2D eigenvalue weighted by atomic mass is 32.2. The zero-order chi connectivity index (χ0) is 24.7. The highest BCUT2D eigenvalue weighted by molar-refractivity contribution is 7.95. The van der Waals surface area contributed by atoms with Crippen LogP contribution < -0.4 is 9.04 Å². The molecule has 0 amide bonds. The second-order valence-corrected chi connectivity index (χ2v) is 12.6. The molecule has 0 radical (unpaired) electrons. The van der Waals surface area contributed by atoms with Gasteiger partial charge in [-0.3, -0.25) is 4.31 Å². The van der Waals surface area contributed by atoms with E-state index in [0.29, 0.717) is 41.2 Å². The van der Waals surface area contributed by atoms with Crippen molar-refractivity contribution in [3.63, 3.8) is 0 Å². The van der Waals surface area contributed by atoms with Crippen LogP contribution in [0.15, 0.2) is 52.3 Å². The molecule has 2 aromatic carbocycles. The maximum absolute atomic E-state index is 13.9. The van der Waals surface area contributed by atoms with Crippen LogP contribution >= 0.6 is 0 Å². The first-order chi connectivity index (χ1) is 16.3. The molecule has 0 N–H and O–H groups in total. The van der Waals surface area contributed by atoms with Crippen molar-refractivity contribution in [3.8, 4) is 5.75 Å². The van der Waals surface area contributed by atoms with Crippen LogP contribution in [0, 0.1) is 11.8 Å². The Morgan fingerprint density at radius 2 is 1.79 bits per heavy atom. The number of hydrogen-bond acceptors (Lipinski definition) is 5. The molecule has 8 heteroatoms. The summed E-state index contributed by atoms with van der Waals surface area (Å²) in [6.45, 7) is 10.2.